The average Bonchev–Trinajstić information content (AvgIpc) is 2.39. The zero-order valence-electron chi connectivity index (χ0n) is 9.81. The van der Waals surface area contributed by atoms with Gasteiger partial charge in [-0.2, -0.15) is 0 Å². The van der Waals surface area contributed by atoms with Crippen LogP contribution in [0.15, 0.2) is 48.5 Å². The zero-order chi connectivity index (χ0) is 12.3. The third kappa shape index (κ3) is 2.36. The third-order valence-electron chi connectivity index (χ3n) is 2.77. The van der Waals surface area contributed by atoms with E-state index in [0.29, 0.717) is 6.42 Å². The fourth-order valence-electron chi connectivity index (χ4n) is 1.83. The van der Waals surface area contributed by atoms with Crippen molar-refractivity contribution < 1.29 is 4.79 Å². The number of anilines is 1. The Bertz CT molecular complexity index is 529. The van der Waals surface area contributed by atoms with Crippen molar-refractivity contribution in [2.45, 2.75) is 13.3 Å². The minimum atomic E-state index is 0.164. The molecule has 2 heteroatoms. The average molecular weight is 225 g/mol. The summed E-state index contributed by atoms with van der Waals surface area (Å²) in [4.78, 5) is 11.8. The van der Waals surface area contributed by atoms with E-state index in [0.717, 1.165) is 22.4 Å². The number of Topliss-reactive ketones (excluding diaryl/α,β-unsaturated/α-hetero) is 1. The Kier molecular flexibility index (Phi) is 3.24. The van der Waals surface area contributed by atoms with Crippen LogP contribution in [0.1, 0.15) is 23.7 Å². The van der Waals surface area contributed by atoms with E-state index in [1.807, 2.05) is 55.5 Å². The minimum absolute atomic E-state index is 0.164. The van der Waals surface area contributed by atoms with Crippen LogP contribution in [0.25, 0.3) is 11.1 Å². The summed E-state index contributed by atoms with van der Waals surface area (Å²) in [5, 5.41) is 0. The van der Waals surface area contributed by atoms with Crippen molar-refractivity contribution in [1.82, 2.24) is 0 Å². The molecule has 17 heavy (non-hydrogen) atoms. The lowest BCUT2D eigenvalue weighted by molar-refractivity contribution is 0.0989. The van der Waals surface area contributed by atoms with Gasteiger partial charge in [0.05, 0.1) is 0 Å². The van der Waals surface area contributed by atoms with Gasteiger partial charge < -0.3 is 5.73 Å². The van der Waals surface area contributed by atoms with Crippen molar-refractivity contribution in [3.8, 4) is 11.1 Å². The Labute approximate surface area is 101 Å². The Morgan fingerprint density at radius 1 is 1.06 bits per heavy atom. The summed E-state index contributed by atoms with van der Waals surface area (Å²) in [5.41, 5.74) is 9.17. The fraction of sp³-hybridized carbons (Fsp3) is 0.133. The van der Waals surface area contributed by atoms with Crippen LogP contribution in [0, 0.1) is 0 Å². The number of carbonyl (C=O) groups is 1. The van der Waals surface area contributed by atoms with E-state index in [4.69, 9.17) is 5.73 Å². The molecule has 0 unspecified atom stereocenters. The summed E-state index contributed by atoms with van der Waals surface area (Å²) >= 11 is 0. The highest BCUT2D eigenvalue weighted by molar-refractivity contribution is 6.02. The van der Waals surface area contributed by atoms with Crippen molar-refractivity contribution in [2.75, 3.05) is 5.73 Å². The summed E-state index contributed by atoms with van der Waals surface area (Å²) in [6, 6.07) is 15.3. The number of hydrogen-bond donors (Lipinski definition) is 1. The molecule has 2 aromatic carbocycles. The van der Waals surface area contributed by atoms with Crippen molar-refractivity contribution >= 4 is 11.5 Å². The Morgan fingerprint density at radius 3 is 2.35 bits per heavy atom. The molecule has 2 nitrogen and oxygen atoms in total. The van der Waals surface area contributed by atoms with E-state index in [1.165, 1.54) is 0 Å². The highest BCUT2D eigenvalue weighted by Crippen LogP contribution is 2.25. The lowest BCUT2D eigenvalue weighted by Crippen LogP contribution is -1.99. The molecule has 0 aliphatic heterocycles. The van der Waals surface area contributed by atoms with Gasteiger partial charge in [-0.25, -0.2) is 0 Å². The van der Waals surface area contributed by atoms with Gasteiger partial charge in [0.15, 0.2) is 5.78 Å². The van der Waals surface area contributed by atoms with E-state index in [-0.39, 0.29) is 5.78 Å². The molecule has 0 aliphatic rings. The first-order valence-electron chi connectivity index (χ1n) is 5.70. The number of ketones is 1. The number of nitrogen functional groups attached to an aromatic ring is 1. The molecule has 2 aromatic rings. The molecule has 0 saturated heterocycles. The van der Waals surface area contributed by atoms with Gasteiger partial charge in [0, 0.05) is 17.7 Å². The Balaban J connectivity index is 2.51. The second-order valence-corrected chi connectivity index (χ2v) is 3.94. The van der Waals surface area contributed by atoms with Gasteiger partial charge in [0.25, 0.3) is 0 Å². The molecule has 0 spiro atoms. The molecule has 2 rings (SSSR count). The van der Waals surface area contributed by atoms with Gasteiger partial charge in [0.2, 0.25) is 0 Å². The summed E-state index contributed by atoms with van der Waals surface area (Å²) in [7, 11) is 0. The van der Waals surface area contributed by atoms with E-state index in [1.54, 1.807) is 0 Å². The Morgan fingerprint density at radius 2 is 1.71 bits per heavy atom. The summed E-state index contributed by atoms with van der Waals surface area (Å²) in [5.74, 6) is 0.164. The van der Waals surface area contributed by atoms with Crippen LogP contribution in [-0.2, 0) is 0 Å². The molecule has 0 amide bonds. The quantitative estimate of drug-likeness (QED) is 0.641. The molecule has 0 saturated carbocycles. The van der Waals surface area contributed by atoms with Gasteiger partial charge >= 0.3 is 0 Å². The van der Waals surface area contributed by atoms with Crippen LogP contribution in [0.5, 0.6) is 0 Å². The van der Waals surface area contributed by atoms with Crippen LogP contribution in [0.3, 0.4) is 0 Å². The van der Waals surface area contributed by atoms with Crippen molar-refractivity contribution in [1.29, 1.82) is 0 Å². The largest absolute Gasteiger partial charge is 0.399 e. The predicted molar refractivity (Wildman–Crippen MR) is 70.9 cm³/mol. The van der Waals surface area contributed by atoms with Crippen LogP contribution in [-0.4, -0.2) is 5.78 Å². The molecule has 0 bridgehead atoms. The van der Waals surface area contributed by atoms with Gasteiger partial charge in [-0.3, -0.25) is 4.79 Å². The molecule has 0 fully saturated rings. The van der Waals surface area contributed by atoms with Crippen molar-refractivity contribution in [3.63, 3.8) is 0 Å². The van der Waals surface area contributed by atoms with Crippen LogP contribution >= 0.6 is 0 Å². The van der Waals surface area contributed by atoms with E-state index in [2.05, 4.69) is 0 Å². The molecular weight excluding hydrogens is 210 g/mol. The minimum Gasteiger partial charge on any atom is -0.399 e. The number of nitrogens with two attached hydrogens (primary N) is 1. The number of hydrogen-bond acceptors (Lipinski definition) is 2. The molecule has 0 atom stereocenters. The third-order valence-corrected chi connectivity index (χ3v) is 2.77. The maximum atomic E-state index is 11.8. The summed E-state index contributed by atoms with van der Waals surface area (Å²) < 4.78 is 0. The summed E-state index contributed by atoms with van der Waals surface area (Å²) in [6.07, 6.45) is 0.520. The van der Waals surface area contributed by atoms with Crippen LogP contribution < -0.4 is 5.73 Å². The van der Waals surface area contributed by atoms with Gasteiger partial charge in [-0.05, 0) is 23.3 Å². The highest BCUT2D eigenvalue weighted by atomic mass is 16.1. The van der Waals surface area contributed by atoms with Gasteiger partial charge in [-0.1, -0.05) is 43.3 Å². The van der Waals surface area contributed by atoms with Crippen molar-refractivity contribution in [3.05, 3.63) is 54.1 Å². The normalized spacial score (nSPS) is 10.2. The topological polar surface area (TPSA) is 43.1 Å². The first-order chi connectivity index (χ1) is 8.22. The lowest BCUT2D eigenvalue weighted by atomic mass is 9.96. The SMILES string of the molecule is CCC(=O)c1ccccc1-c1ccc(N)cc1. The number of rotatable bonds is 3. The first-order valence-corrected chi connectivity index (χ1v) is 5.70. The fourth-order valence-corrected chi connectivity index (χ4v) is 1.83. The standard InChI is InChI=1S/C15H15NO/c1-2-15(17)14-6-4-3-5-13(14)11-7-9-12(16)10-8-11/h3-10H,2,16H2,1H3. The number of benzene rings is 2. The van der Waals surface area contributed by atoms with E-state index >= 15 is 0 Å². The van der Waals surface area contributed by atoms with Gasteiger partial charge in [0.1, 0.15) is 0 Å². The molecular formula is C15H15NO. The van der Waals surface area contributed by atoms with Crippen LogP contribution in [0.4, 0.5) is 5.69 Å². The predicted octanol–water partition coefficient (Wildman–Crippen LogP) is 3.53. The van der Waals surface area contributed by atoms with E-state index in [9.17, 15) is 4.79 Å². The monoisotopic (exact) mass is 225 g/mol. The van der Waals surface area contributed by atoms with Gasteiger partial charge in [-0.15, -0.1) is 0 Å². The second kappa shape index (κ2) is 4.83. The molecule has 0 heterocycles. The number of carbonyl (C=O) groups excluding carboxylic acids is 1. The summed E-state index contributed by atoms with van der Waals surface area (Å²) in [6.45, 7) is 1.88. The van der Waals surface area contributed by atoms with Crippen molar-refractivity contribution in [2.24, 2.45) is 0 Å². The maximum Gasteiger partial charge on any atom is 0.163 e. The smallest absolute Gasteiger partial charge is 0.163 e. The lowest BCUT2D eigenvalue weighted by Gasteiger charge is -2.08. The zero-order valence-corrected chi connectivity index (χ0v) is 9.81. The molecule has 0 aliphatic carbocycles. The van der Waals surface area contributed by atoms with Crippen LogP contribution in [0.2, 0.25) is 0 Å². The molecule has 86 valence electrons. The molecule has 0 aromatic heterocycles. The highest BCUT2D eigenvalue weighted by Gasteiger charge is 2.09. The van der Waals surface area contributed by atoms with E-state index < -0.39 is 0 Å². The molecule has 2 N–H and O–H groups in total. The molecule has 0 radical (unpaired) electrons. The Hall–Kier alpha value is -2.09. The first kappa shape index (κ1) is 11.4. The maximum absolute atomic E-state index is 11.8. The second-order valence-electron chi connectivity index (χ2n) is 3.94.